The number of thioether (sulfide) groups is 1. The first-order valence-electron chi connectivity index (χ1n) is 6.31. The van der Waals surface area contributed by atoms with E-state index in [1.807, 2.05) is 4.90 Å². The third-order valence-corrected chi connectivity index (χ3v) is 4.37. The average Bonchev–Trinajstić information content (AvgIpc) is 2.59. The van der Waals surface area contributed by atoms with Crippen molar-refractivity contribution in [2.45, 2.75) is 31.4 Å². The van der Waals surface area contributed by atoms with Crippen molar-refractivity contribution in [3.05, 3.63) is 0 Å². The largest absolute Gasteiger partial charge is 0.341 e. The Morgan fingerprint density at radius 1 is 1.59 bits per heavy atom. The fraction of sp³-hybridized carbons (Fsp3) is 0.833. The highest BCUT2D eigenvalue weighted by molar-refractivity contribution is 8.14. The van der Waals surface area contributed by atoms with Crippen molar-refractivity contribution in [2.75, 3.05) is 26.2 Å². The van der Waals surface area contributed by atoms with Gasteiger partial charge >= 0.3 is 0 Å². The van der Waals surface area contributed by atoms with Crippen LogP contribution in [-0.4, -0.2) is 47.4 Å². The number of nitrogens with one attached hydrogen (secondary N) is 1. The standard InChI is InChI=1S/C12H20N2O2S/c1-9(15)17-11-5-12(16)14(8-11)7-10-3-2-4-13-6-10/h10-11,13H,2-8H2,1H3. The molecule has 4 nitrogen and oxygen atoms in total. The Morgan fingerprint density at radius 2 is 2.41 bits per heavy atom. The van der Waals surface area contributed by atoms with Gasteiger partial charge in [0.25, 0.3) is 0 Å². The Balaban J connectivity index is 1.80. The van der Waals surface area contributed by atoms with Gasteiger partial charge in [-0.05, 0) is 31.8 Å². The van der Waals surface area contributed by atoms with E-state index in [4.69, 9.17) is 0 Å². The molecule has 2 aliphatic rings. The zero-order valence-corrected chi connectivity index (χ0v) is 11.1. The maximum atomic E-state index is 11.8. The van der Waals surface area contributed by atoms with Crippen LogP contribution in [0.1, 0.15) is 26.2 Å². The molecular formula is C12H20N2O2S. The molecule has 2 rings (SSSR count). The van der Waals surface area contributed by atoms with Crippen molar-refractivity contribution < 1.29 is 9.59 Å². The second-order valence-electron chi connectivity index (χ2n) is 4.95. The van der Waals surface area contributed by atoms with Crippen molar-refractivity contribution in [1.29, 1.82) is 0 Å². The molecule has 2 heterocycles. The van der Waals surface area contributed by atoms with Gasteiger partial charge in [0, 0.05) is 31.7 Å². The lowest BCUT2D eigenvalue weighted by Crippen LogP contribution is -2.39. The number of hydrogen-bond donors (Lipinski definition) is 1. The molecule has 0 radical (unpaired) electrons. The molecule has 0 aromatic carbocycles. The number of piperidine rings is 1. The summed E-state index contributed by atoms with van der Waals surface area (Å²) in [7, 11) is 0. The quantitative estimate of drug-likeness (QED) is 0.814. The Bertz CT molecular complexity index is 303. The highest BCUT2D eigenvalue weighted by Crippen LogP contribution is 2.25. The van der Waals surface area contributed by atoms with Crippen LogP contribution in [0.5, 0.6) is 0 Å². The first-order valence-corrected chi connectivity index (χ1v) is 7.19. The molecule has 0 bridgehead atoms. The highest BCUT2D eigenvalue weighted by atomic mass is 32.2. The molecular weight excluding hydrogens is 236 g/mol. The van der Waals surface area contributed by atoms with E-state index in [0.29, 0.717) is 12.3 Å². The molecule has 2 aliphatic heterocycles. The fourth-order valence-electron chi connectivity index (χ4n) is 2.62. The number of nitrogens with zero attached hydrogens (tertiary/aromatic N) is 1. The predicted octanol–water partition coefficient (Wildman–Crippen LogP) is 0.867. The minimum absolute atomic E-state index is 0.115. The van der Waals surface area contributed by atoms with E-state index in [2.05, 4.69) is 5.32 Å². The Morgan fingerprint density at radius 3 is 3.06 bits per heavy atom. The number of carbonyl (C=O) groups excluding carboxylic acids is 2. The minimum atomic E-state index is 0.115. The summed E-state index contributed by atoms with van der Waals surface area (Å²) in [5, 5.41) is 3.66. The van der Waals surface area contributed by atoms with E-state index < -0.39 is 0 Å². The lowest BCUT2D eigenvalue weighted by atomic mass is 9.99. The SMILES string of the molecule is CC(=O)SC1CC(=O)N(CC2CCCNC2)C1. The molecule has 1 N–H and O–H groups in total. The van der Waals surface area contributed by atoms with Gasteiger partial charge in [0.05, 0.1) is 0 Å². The maximum absolute atomic E-state index is 11.8. The smallest absolute Gasteiger partial charge is 0.223 e. The number of amides is 1. The number of rotatable bonds is 3. The maximum Gasteiger partial charge on any atom is 0.223 e. The summed E-state index contributed by atoms with van der Waals surface area (Å²) in [6.07, 6.45) is 2.95. The number of carbonyl (C=O) groups is 2. The summed E-state index contributed by atoms with van der Waals surface area (Å²) >= 11 is 1.31. The molecule has 5 heteroatoms. The van der Waals surface area contributed by atoms with Gasteiger partial charge in [0.1, 0.15) is 0 Å². The second-order valence-corrected chi connectivity index (χ2v) is 6.42. The van der Waals surface area contributed by atoms with Crippen molar-refractivity contribution in [3.8, 4) is 0 Å². The summed E-state index contributed by atoms with van der Waals surface area (Å²) in [6, 6.07) is 0. The second kappa shape index (κ2) is 5.87. The van der Waals surface area contributed by atoms with Gasteiger partial charge in [0.2, 0.25) is 5.91 Å². The molecule has 96 valence electrons. The zero-order chi connectivity index (χ0) is 12.3. The molecule has 0 aromatic heterocycles. The summed E-state index contributed by atoms with van der Waals surface area (Å²) in [4.78, 5) is 24.8. The summed E-state index contributed by atoms with van der Waals surface area (Å²) in [5.41, 5.74) is 0. The van der Waals surface area contributed by atoms with Gasteiger partial charge in [-0.25, -0.2) is 0 Å². The third kappa shape index (κ3) is 3.71. The molecule has 2 unspecified atom stereocenters. The molecule has 0 aliphatic carbocycles. The van der Waals surface area contributed by atoms with E-state index in [1.54, 1.807) is 6.92 Å². The van der Waals surface area contributed by atoms with Crippen LogP contribution in [0.4, 0.5) is 0 Å². The molecule has 1 amide bonds. The molecule has 0 saturated carbocycles. The average molecular weight is 256 g/mol. The van der Waals surface area contributed by atoms with Crippen LogP contribution in [0, 0.1) is 5.92 Å². The van der Waals surface area contributed by atoms with Crippen LogP contribution in [-0.2, 0) is 9.59 Å². The van der Waals surface area contributed by atoms with Crippen molar-refractivity contribution in [2.24, 2.45) is 5.92 Å². The molecule has 0 aromatic rings. The van der Waals surface area contributed by atoms with Gasteiger partial charge < -0.3 is 10.2 Å². The van der Waals surface area contributed by atoms with Crippen LogP contribution in [0.15, 0.2) is 0 Å². The third-order valence-electron chi connectivity index (χ3n) is 3.39. The van der Waals surface area contributed by atoms with Gasteiger partial charge in [0.15, 0.2) is 5.12 Å². The van der Waals surface area contributed by atoms with Crippen LogP contribution in [0.2, 0.25) is 0 Å². The van der Waals surface area contributed by atoms with E-state index >= 15 is 0 Å². The van der Waals surface area contributed by atoms with Crippen molar-refractivity contribution in [3.63, 3.8) is 0 Å². The minimum Gasteiger partial charge on any atom is -0.341 e. The molecule has 17 heavy (non-hydrogen) atoms. The number of hydrogen-bond acceptors (Lipinski definition) is 4. The van der Waals surface area contributed by atoms with Crippen LogP contribution in [0.3, 0.4) is 0 Å². The summed E-state index contributed by atoms with van der Waals surface area (Å²) in [6.45, 7) is 5.31. The van der Waals surface area contributed by atoms with E-state index in [0.717, 1.165) is 26.2 Å². The Labute approximate surface area is 106 Å². The Kier molecular flexibility index (Phi) is 4.45. The van der Waals surface area contributed by atoms with Crippen molar-refractivity contribution in [1.82, 2.24) is 10.2 Å². The monoisotopic (exact) mass is 256 g/mol. The lowest BCUT2D eigenvalue weighted by Gasteiger charge is -2.27. The molecule has 2 saturated heterocycles. The summed E-state index contributed by atoms with van der Waals surface area (Å²) in [5.74, 6) is 0.808. The van der Waals surface area contributed by atoms with E-state index in [1.165, 1.54) is 24.6 Å². The van der Waals surface area contributed by atoms with Gasteiger partial charge in [-0.3, -0.25) is 9.59 Å². The van der Waals surface area contributed by atoms with Crippen LogP contribution >= 0.6 is 11.8 Å². The highest BCUT2D eigenvalue weighted by Gasteiger charge is 2.32. The Hall–Kier alpha value is -0.550. The molecule has 2 fully saturated rings. The fourth-order valence-corrected chi connectivity index (χ4v) is 3.57. The van der Waals surface area contributed by atoms with Crippen molar-refractivity contribution >= 4 is 22.8 Å². The molecule has 0 spiro atoms. The summed E-state index contributed by atoms with van der Waals surface area (Å²) < 4.78 is 0. The number of likely N-dealkylation sites (tertiary alicyclic amines) is 1. The van der Waals surface area contributed by atoms with E-state index in [-0.39, 0.29) is 16.3 Å². The zero-order valence-electron chi connectivity index (χ0n) is 10.3. The van der Waals surface area contributed by atoms with Gasteiger partial charge in [-0.15, -0.1) is 0 Å². The topological polar surface area (TPSA) is 49.4 Å². The predicted molar refractivity (Wildman–Crippen MR) is 68.9 cm³/mol. The van der Waals surface area contributed by atoms with Crippen LogP contribution in [0.25, 0.3) is 0 Å². The lowest BCUT2D eigenvalue weighted by molar-refractivity contribution is -0.128. The van der Waals surface area contributed by atoms with Gasteiger partial charge in [-0.1, -0.05) is 11.8 Å². The first kappa shape index (κ1) is 12.9. The van der Waals surface area contributed by atoms with E-state index in [9.17, 15) is 9.59 Å². The molecule has 2 atom stereocenters. The van der Waals surface area contributed by atoms with Gasteiger partial charge in [-0.2, -0.15) is 0 Å². The van der Waals surface area contributed by atoms with Crippen LogP contribution < -0.4 is 5.32 Å². The first-order chi connectivity index (χ1) is 8.15. The normalized spacial score (nSPS) is 29.7.